The van der Waals surface area contributed by atoms with Crippen molar-refractivity contribution in [3.05, 3.63) is 38.8 Å². The largest absolute Gasteiger partial charge is 0.323 e. The predicted octanol–water partition coefficient (Wildman–Crippen LogP) is 3.41. The summed E-state index contributed by atoms with van der Waals surface area (Å²) in [6.07, 6.45) is 5.00. The molecular weight excluding hydrogens is 440 g/mol. The summed E-state index contributed by atoms with van der Waals surface area (Å²) in [7, 11) is 0. The number of fused-ring (bicyclic) bond motifs is 1. The monoisotopic (exact) mass is 454 g/mol. The lowest BCUT2D eigenvalue weighted by Gasteiger charge is -2.16. The summed E-state index contributed by atoms with van der Waals surface area (Å²) in [5.41, 5.74) is 1.62. The SMILES string of the molecule is Cc1cc(Br)c(NC(=O)CN2C(=O)C3CC=CCC3C2=O)c(Br)c1. The standard InChI is InChI=1S/C17H16Br2N2O3/c1-9-6-12(18)15(13(19)7-9)20-14(22)8-21-16(23)10-4-2-3-5-11(10)17(21)24/h2-3,6-7,10-11H,4-5,8H2,1H3,(H,20,22). The number of benzene rings is 1. The first-order valence-corrected chi connectivity index (χ1v) is 9.23. The molecular formula is C17H16Br2N2O3. The molecule has 1 aliphatic carbocycles. The van der Waals surface area contributed by atoms with Gasteiger partial charge in [0.1, 0.15) is 6.54 Å². The number of imide groups is 1. The normalized spacial score (nSPS) is 22.7. The fraction of sp³-hybridized carbons (Fsp3) is 0.353. The maximum atomic E-state index is 12.4. The van der Waals surface area contributed by atoms with E-state index in [0.29, 0.717) is 18.5 Å². The average molecular weight is 456 g/mol. The average Bonchev–Trinajstić information content (AvgIpc) is 2.76. The number of anilines is 1. The fourth-order valence-electron chi connectivity index (χ4n) is 3.17. The molecule has 1 fully saturated rings. The number of nitrogens with one attached hydrogen (secondary N) is 1. The van der Waals surface area contributed by atoms with E-state index < -0.39 is 5.91 Å². The van der Waals surface area contributed by atoms with E-state index in [0.717, 1.165) is 19.4 Å². The molecule has 7 heteroatoms. The molecule has 2 unspecified atom stereocenters. The Morgan fingerprint density at radius 2 is 1.62 bits per heavy atom. The van der Waals surface area contributed by atoms with Crippen LogP contribution in [-0.2, 0) is 14.4 Å². The molecule has 3 rings (SSSR count). The number of hydrogen-bond acceptors (Lipinski definition) is 3. The first-order valence-electron chi connectivity index (χ1n) is 7.64. The van der Waals surface area contributed by atoms with Crippen LogP contribution in [-0.4, -0.2) is 29.2 Å². The first-order chi connectivity index (χ1) is 11.4. The van der Waals surface area contributed by atoms with Crippen molar-refractivity contribution in [3.63, 3.8) is 0 Å². The van der Waals surface area contributed by atoms with E-state index in [1.54, 1.807) is 0 Å². The van der Waals surface area contributed by atoms with Gasteiger partial charge in [-0.05, 0) is 69.3 Å². The van der Waals surface area contributed by atoms with Gasteiger partial charge in [0.2, 0.25) is 17.7 Å². The second kappa shape index (κ2) is 6.80. The summed E-state index contributed by atoms with van der Waals surface area (Å²) >= 11 is 6.82. The van der Waals surface area contributed by atoms with E-state index in [1.807, 2.05) is 31.2 Å². The van der Waals surface area contributed by atoms with Gasteiger partial charge in [0.15, 0.2) is 0 Å². The number of rotatable bonds is 3. The minimum absolute atomic E-state index is 0.244. The highest BCUT2D eigenvalue weighted by Gasteiger charge is 2.47. The van der Waals surface area contributed by atoms with Crippen LogP contribution < -0.4 is 5.32 Å². The first kappa shape index (κ1) is 17.4. The molecule has 5 nitrogen and oxygen atoms in total. The summed E-state index contributed by atoms with van der Waals surface area (Å²) in [5, 5.41) is 2.76. The Hall–Kier alpha value is -1.47. The van der Waals surface area contributed by atoms with Crippen LogP contribution in [0.3, 0.4) is 0 Å². The number of carbonyl (C=O) groups excluding carboxylic acids is 3. The molecule has 1 aromatic carbocycles. The molecule has 1 N–H and O–H groups in total. The van der Waals surface area contributed by atoms with Crippen molar-refractivity contribution in [3.8, 4) is 0 Å². The number of amides is 3. The molecule has 0 radical (unpaired) electrons. The van der Waals surface area contributed by atoms with Gasteiger partial charge in [-0.3, -0.25) is 19.3 Å². The number of aryl methyl sites for hydroxylation is 1. The molecule has 1 aromatic rings. The molecule has 0 aromatic heterocycles. The Balaban J connectivity index is 1.72. The molecule has 3 amide bonds. The number of carbonyl (C=O) groups is 3. The van der Waals surface area contributed by atoms with Crippen LogP contribution in [0.1, 0.15) is 18.4 Å². The molecule has 1 heterocycles. The molecule has 0 saturated carbocycles. The summed E-state index contributed by atoms with van der Waals surface area (Å²) in [6, 6.07) is 3.76. The highest BCUT2D eigenvalue weighted by atomic mass is 79.9. The van der Waals surface area contributed by atoms with Crippen LogP contribution in [0.25, 0.3) is 0 Å². The van der Waals surface area contributed by atoms with Gasteiger partial charge in [-0.15, -0.1) is 0 Å². The zero-order valence-corrected chi connectivity index (χ0v) is 16.2. The molecule has 2 aliphatic rings. The topological polar surface area (TPSA) is 66.5 Å². The van der Waals surface area contributed by atoms with Crippen LogP contribution in [0.15, 0.2) is 33.2 Å². The van der Waals surface area contributed by atoms with E-state index in [9.17, 15) is 14.4 Å². The molecule has 1 aliphatic heterocycles. The Kier molecular flexibility index (Phi) is 4.92. The van der Waals surface area contributed by atoms with Crippen LogP contribution in [0.2, 0.25) is 0 Å². The summed E-state index contributed by atoms with van der Waals surface area (Å²) in [5.74, 6) is -1.51. The number of allylic oxidation sites excluding steroid dienone is 2. The maximum Gasteiger partial charge on any atom is 0.244 e. The Morgan fingerprint density at radius 1 is 1.12 bits per heavy atom. The number of likely N-dealkylation sites (tertiary alicyclic amines) is 1. The van der Waals surface area contributed by atoms with Crippen molar-refractivity contribution in [1.29, 1.82) is 0 Å². The van der Waals surface area contributed by atoms with Gasteiger partial charge in [0, 0.05) is 8.95 Å². The van der Waals surface area contributed by atoms with E-state index in [2.05, 4.69) is 37.2 Å². The lowest BCUT2D eigenvalue weighted by molar-refractivity contribution is -0.142. The van der Waals surface area contributed by atoms with Crippen LogP contribution in [0, 0.1) is 18.8 Å². The van der Waals surface area contributed by atoms with Crippen molar-refractivity contribution in [2.45, 2.75) is 19.8 Å². The Morgan fingerprint density at radius 3 is 2.12 bits per heavy atom. The van der Waals surface area contributed by atoms with Gasteiger partial charge in [0.05, 0.1) is 17.5 Å². The van der Waals surface area contributed by atoms with Gasteiger partial charge in [-0.2, -0.15) is 0 Å². The van der Waals surface area contributed by atoms with Gasteiger partial charge < -0.3 is 5.32 Å². The molecule has 0 spiro atoms. The predicted molar refractivity (Wildman–Crippen MR) is 97.3 cm³/mol. The van der Waals surface area contributed by atoms with E-state index in [-0.39, 0.29) is 30.2 Å². The minimum Gasteiger partial charge on any atom is -0.323 e. The van der Waals surface area contributed by atoms with Crippen molar-refractivity contribution in [2.24, 2.45) is 11.8 Å². The molecule has 126 valence electrons. The minimum atomic E-state index is -0.395. The zero-order valence-electron chi connectivity index (χ0n) is 13.0. The van der Waals surface area contributed by atoms with Gasteiger partial charge in [-0.25, -0.2) is 0 Å². The number of hydrogen-bond donors (Lipinski definition) is 1. The third kappa shape index (κ3) is 3.19. The lowest BCUT2D eigenvalue weighted by atomic mass is 9.85. The molecule has 1 saturated heterocycles. The van der Waals surface area contributed by atoms with E-state index in [1.165, 1.54) is 0 Å². The summed E-state index contributed by atoms with van der Waals surface area (Å²) in [6.45, 7) is 1.69. The summed E-state index contributed by atoms with van der Waals surface area (Å²) < 4.78 is 1.47. The summed E-state index contributed by atoms with van der Waals surface area (Å²) in [4.78, 5) is 38.2. The second-order valence-electron chi connectivity index (χ2n) is 6.07. The second-order valence-corrected chi connectivity index (χ2v) is 7.78. The van der Waals surface area contributed by atoms with Crippen LogP contribution >= 0.6 is 31.9 Å². The smallest absolute Gasteiger partial charge is 0.244 e. The van der Waals surface area contributed by atoms with Crippen molar-refractivity contribution in [1.82, 2.24) is 4.90 Å². The van der Waals surface area contributed by atoms with Crippen molar-refractivity contribution in [2.75, 3.05) is 11.9 Å². The third-order valence-electron chi connectivity index (χ3n) is 4.35. The lowest BCUT2D eigenvalue weighted by Crippen LogP contribution is -2.38. The van der Waals surface area contributed by atoms with Gasteiger partial charge in [0.25, 0.3) is 0 Å². The third-order valence-corrected chi connectivity index (χ3v) is 5.60. The van der Waals surface area contributed by atoms with Gasteiger partial charge >= 0.3 is 0 Å². The zero-order chi connectivity index (χ0) is 17.4. The Labute approximate surface area is 156 Å². The highest BCUT2D eigenvalue weighted by molar-refractivity contribution is 9.11. The quantitative estimate of drug-likeness (QED) is 0.561. The maximum absolute atomic E-state index is 12.4. The van der Waals surface area contributed by atoms with Crippen LogP contribution in [0.5, 0.6) is 0 Å². The fourth-order valence-corrected chi connectivity index (χ4v) is 4.78. The van der Waals surface area contributed by atoms with E-state index in [4.69, 9.17) is 0 Å². The van der Waals surface area contributed by atoms with Crippen molar-refractivity contribution >= 4 is 55.3 Å². The molecule has 2 atom stereocenters. The van der Waals surface area contributed by atoms with Gasteiger partial charge in [-0.1, -0.05) is 12.2 Å². The van der Waals surface area contributed by atoms with E-state index >= 15 is 0 Å². The highest BCUT2D eigenvalue weighted by Crippen LogP contribution is 2.35. The molecule has 24 heavy (non-hydrogen) atoms. The molecule has 0 bridgehead atoms. The number of nitrogens with zero attached hydrogens (tertiary/aromatic N) is 1. The van der Waals surface area contributed by atoms with Crippen molar-refractivity contribution < 1.29 is 14.4 Å². The number of halogens is 2. The Bertz CT molecular complexity index is 711. The van der Waals surface area contributed by atoms with Crippen LogP contribution in [0.4, 0.5) is 5.69 Å².